The Morgan fingerprint density at radius 2 is 2.08 bits per heavy atom. The van der Waals surface area contributed by atoms with Crippen molar-refractivity contribution in [2.75, 3.05) is 11.9 Å². The smallest absolute Gasteiger partial charge is 0.231 e. The van der Waals surface area contributed by atoms with Crippen LogP contribution in [-0.2, 0) is 11.2 Å². The molecule has 2 rings (SSSR count). The van der Waals surface area contributed by atoms with Crippen LogP contribution in [0, 0.1) is 0 Å². The summed E-state index contributed by atoms with van der Waals surface area (Å²) in [5.41, 5.74) is 1.70. The average Bonchev–Trinajstić information content (AvgIpc) is 2.32. The second kappa shape index (κ2) is 2.89. The van der Waals surface area contributed by atoms with Crippen molar-refractivity contribution in [3.63, 3.8) is 0 Å². The van der Waals surface area contributed by atoms with Crippen molar-refractivity contribution < 1.29 is 4.79 Å². The normalized spacial score (nSPS) is 15.0. The van der Waals surface area contributed by atoms with E-state index in [0.29, 0.717) is 16.5 Å². The lowest BCUT2D eigenvalue weighted by atomic mass is 10.2. The molecule has 0 aliphatic carbocycles. The molecule has 4 heteroatoms. The maximum atomic E-state index is 11.3. The van der Waals surface area contributed by atoms with E-state index in [1.807, 2.05) is 0 Å². The van der Waals surface area contributed by atoms with E-state index in [2.05, 4.69) is 0 Å². The number of hydrogen-bond donors (Lipinski definition) is 0. The second-order valence-corrected chi connectivity index (χ2v) is 3.86. The van der Waals surface area contributed by atoms with E-state index in [4.69, 9.17) is 23.2 Å². The van der Waals surface area contributed by atoms with E-state index in [9.17, 15) is 4.79 Å². The standard InChI is InChI=1S/C9H7Cl2NO/c1-12-8-3-5(10)2-7(11)6(8)4-9(12)13/h2-3H,4H2,1H3. The fourth-order valence-corrected chi connectivity index (χ4v) is 2.02. The molecule has 68 valence electrons. The molecule has 1 aliphatic rings. The third-order valence-electron chi connectivity index (χ3n) is 2.20. The highest BCUT2D eigenvalue weighted by molar-refractivity contribution is 6.36. The first-order chi connectivity index (χ1) is 6.09. The predicted molar refractivity (Wildman–Crippen MR) is 53.6 cm³/mol. The Morgan fingerprint density at radius 3 is 2.77 bits per heavy atom. The zero-order valence-corrected chi connectivity index (χ0v) is 8.49. The fourth-order valence-electron chi connectivity index (χ4n) is 1.47. The van der Waals surface area contributed by atoms with Crippen molar-refractivity contribution in [1.82, 2.24) is 0 Å². The lowest BCUT2D eigenvalue weighted by Gasteiger charge is -2.10. The van der Waals surface area contributed by atoms with E-state index < -0.39 is 0 Å². The SMILES string of the molecule is CN1C(=O)Cc2c(Cl)cc(Cl)cc21. The lowest BCUT2D eigenvalue weighted by molar-refractivity contribution is -0.117. The largest absolute Gasteiger partial charge is 0.315 e. The van der Waals surface area contributed by atoms with Crippen LogP contribution < -0.4 is 4.90 Å². The van der Waals surface area contributed by atoms with Gasteiger partial charge in [0.05, 0.1) is 6.42 Å². The van der Waals surface area contributed by atoms with Crippen molar-refractivity contribution in [3.8, 4) is 0 Å². The fraction of sp³-hybridized carbons (Fsp3) is 0.222. The van der Waals surface area contributed by atoms with Crippen LogP contribution in [0.2, 0.25) is 10.0 Å². The van der Waals surface area contributed by atoms with Crippen molar-refractivity contribution in [2.45, 2.75) is 6.42 Å². The van der Waals surface area contributed by atoms with Gasteiger partial charge in [-0.1, -0.05) is 23.2 Å². The molecule has 0 bridgehead atoms. The topological polar surface area (TPSA) is 20.3 Å². The minimum absolute atomic E-state index is 0.0548. The van der Waals surface area contributed by atoms with Gasteiger partial charge in [-0.15, -0.1) is 0 Å². The van der Waals surface area contributed by atoms with Crippen LogP contribution in [0.15, 0.2) is 12.1 Å². The van der Waals surface area contributed by atoms with E-state index >= 15 is 0 Å². The van der Waals surface area contributed by atoms with Gasteiger partial charge in [-0.3, -0.25) is 4.79 Å². The summed E-state index contributed by atoms with van der Waals surface area (Å²) < 4.78 is 0. The van der Waals surface area contributed by atoms with Gasteiger partial charge in [0.25, 0.3) is 0 Å². The van der Waals surface area contributed by atoms with Gasteiger partial charge in [0, 0.05) is 28.3 Å². The van der Waals surface area contributed by atoms with E-state index in [1.165, 1.54) is 0 Å². The maximum Gasteiger partial charge on any atom is 0.231 e. The quantitative estimate of drug-likeness (QED) is 0.652. The minimum Gasteiger partial charge on any atom is -0.315 e. The molecule has 0 unspecified atom stereocenters. The van der Waals surface area contributed by atoms with Crippen LogP contribution in [0.5, 0.6) is 0 Å². The number of amides is 1. The van der Waals surface area contributed by atoms with Crippen LogP contribution in [0.25, 0.3) is 0 Å². The van der Waals surface area contributed by atoms with Crippen LogP contribution >= 0.6 is 23.2 Å². The van der Waals surface area contributed by atoms with Gasteiger partial charge in [0.2, 0.25) is 5.91 Å². The van der Waals surface area contributed by atoms with Crippen LogP contribution in [-0.4, -0.2) is 13.0 Å². The van der Waals surface area contributed by atoms with Gasteiger partial charge in [-0.25, -0.2) is 0 Å². The number of anilines is 1. The van der Waals surface area contributed by atoms with Gasteiger partial charge in [-0.2, -0.15) is 0 Å². The minimum atomic E-state index is 0.0548. The van der Waals surface area contributed by atoms with E-state index in [-0.39, 0.29) is 5.91 Å². The molecule has 1 aromatic carbocycles. The van der Waals surface area contributed by atoms with Gasteiger partial charge < -0.3 is 4.90 Å². The summed E-state index contributed by atoms with van der Waals surface area (Å²) in [7, 11) is 1.72. The molecule has 0 atom stereocenters. The van der Waals surface area contributed by atoms with Gasteiger partial charge >= 0.3 is 0 Å². The number of rotatable bonds is 0. The van der Waals surface area contributed by atoms with Crippen molar-refractivity contribution >= 4 is 34.8 Å². The number of carbonyl (C=O) groups is 1. The van der Waals surface area contributed by atoms with Gasteiger partial charge in [0.1, 0.15) is 0 Å². The average molecular weight is 216 g/mol. The van der Waals surface area contributed by atoms with Gasteiger partial charge in [0.15, 0.2) is 0 Å². The summed E-state index contributed by atoms with van der Waals surface area (Å²) in [6.45, 7) is 0. The number of benzene rings is 1. The number of carbonyl (C=O) groups excluding carboxylic acids is 1. The molecule has 1 amide bonds. The third-order valence-corrected chi connectivity index (χ3v) is 2.76. The summed E-state index contributed by atoms with van der Waals surface area (Å²) in [4.78, 5) is 12.9. The molecule has 2 nitrogen and oxygen atoms in total. The summed E-state index contributed by atoms with van der Waals surface area (Å²) in [6.07, 6.45) is 0.377. The molecule has 0 radical (unpaired) electrons. The van der Waals surface area contributed by atoms with Crippen LogP contribution in [0.3, 0.4) is 0 Å². The van der Waals surface area contributed by atoms with Crippen molar-refractivity contribution in [2.24, 2.45) is 0 Å². The number of halogens is 2. The first kappa shape index (κ1) is 8.85. The Hall–Kier alpha value is -0.730. The first-order valence-corrected chi connectivity index (χ1v) is 4.59. The molecule has 0 N–H and O–H groups in total. The zero-order chi connectivity index (χ0) is 9.59. The van der Waals surface area contributed by atoms with Crippen LogP contribution in [0.1, 0.15) is 5.56 Å². The van der Waals surface area contributed by atoms with E-state index in [0.717, 1.165) is 11.3 Å². The summed E-state index contributed by atoms with van der Waals surface area (Å²) >= 11 is 11.8. The number of likely N-dealkylation sites (N-methyl/N-ethyl adjacent to an activating group) is 1. The van der Waals surface area contributed by atoms with E-state index in [1.54, 1.807) is 24.1 Å². The highest BCUT2D eigenvalue weighted by atomic mass is 35.5. The summed E-state index contributed by atoms with van der Waals surface area (Å²) in [5.74, 6) is 0.0548. The molecule has 0 saturated carbocycles. The molecule has 13 heavy (non-hydrogen) atoms. The second-order valence-electron chi connectivity index (χ2n) is 3.01. The summed E-state index contributed by atoms with van der Waals surface area (Å²) in [5, 5.41) is 1.13. The van der Waals surface area contributed by atoms with Crippen LogP contribution in [0.4, 0.5) is 5.69 Å². The third kappa shape index (κ3) is 1.30. The summed E-state index contributed by atoms with van der Waals surface area (Å²) in [6, 6.07) is 3.42. The number of hydrogen-bond acceptors (Lipinski definition) is 1. The maximum absolute atomic E-state index is 11.3. The Bertz CT molecular complexity index is 389. The molecule has 0 saturated heterocycles. The van der Waals surface area contributed by atoms with Crippen molar-refractivity contribution in [1.29, 1.82) is 0 Å². The van der Waals surface area contributed by atoms with Gasteiger partial charge in [-0.05, 0) is 12.1 Å². The highest BCUT2D eigenvalue weighted by Crippen LogP contribution is 2.35. The Labute approximate surface area is 86.0 Å². The molecule has 0 fully saturated rings. The molecule has 1 heterocycles. The predicted octanol–water partition coefficient (Wildman–Crippen LogP) is 2.51. The molecule has 1 aliphatic heterocycles. The monoisotopic (exact) mass is 215 g/mol. The highest BCUT2D eigenvalue weighted by Gasteiger charge is 2.26. The number of nitrogens with zero attached hydrogens (tertiary/aromatic N) is 1. The Kier molecular flexibility index (Phi) is 1.97. The molecular formula is C9H7Cl2NO. The number of fused-ring (bicyclic) bond motifs is 1. The first-order valence-electron chi connectivity index (χ1n) is 3.84. The Morgan fingerprint density at radius 1 is 1.38 bits per heavy atom. The zero-order valence-electron chi connectivity index (χ0n) is 6.97. The molecule has 1 aromatic rings. The van der Waals surface area contributed by atoms with Crippen molar-refractivity contribution in [3.05, 3.63) is 27.7 Å². The molecular weight excluding hydrogens is 209 g/mol. The molecule has 0 aromatic heterocycles. The molecule has 0 spiro atoms. The Balaban J connectivity index is 2.63. The lowest BCUT2D eigenvalue weighted by Crippen LogP contribution is -2.20.